The second-order valence-corrected chi connectivity index (χ2v) is 7.39. The molecule has 0 unspecified atom stereocenters. The van der Waals surface area contributed by atoms with Crippen LogP contribution in [0.25, 0.3) is 16.9 Å². The van der Waals surface area contributed by atoms with Crippen LogP contribution in [0.2, 0.25) is 5.02 Å². The Labute approximate surface area is 164 Å². The van der Waals surface area contributed by atoms with Crippen molar-refractivity contribution in [2.45, 2.75) is 44.3 Å². The molecule has 3 nitrogen and oxygen atoms in total. The fraction of sp³-hybridized carbons (Fsp3) is 0.350. The SMILES string of the molecule is Fc1cccc(Cl)c1-c1nc2cccc(C(F)(F)F)n2c1NC1CCCCC1. The van der Waals surface area contributed by atoms with E-state index in [9.17, 15) is 17.6 Å². The van der Waals surface area contributed by atoms with Gasteiger partial charge in [-0.3, -0.25) is 4.40 Å². The average molecular weight is 412 g/mol. The third-order valence-corrected chi connectivity index (χ3v) is 5.39. The maximum atomic E-state index is 14.6. The summed E-state index contributed by atoms with van der Waals surface area (Å²) in [6, 6.07) is 7.93. The minimum Gasteiger partial charge on any atom is -0.367 e. The lowest BCUT2D eigenvalue weighted by Crippen LogP contribution is -2.24. The van der Waals surface area contributed by atoms with E-state index in [0.717, 1.165) is 42.6 Å². The number of pyridine rings is 1. The predicted octanol–water partition coefficient (Wildman–Crippen LogP) is 6.56. The maximum absolute atomic E-state index is 14.6. The Balaban J connectivity index is 1.97. The molecule has 8 heteroatoms. The third-order valence-electron chi connectivity index (χ3n) is 5.08. The van der Waals surface area contributed by atoms with Gasteiger partial charge in [0, 0.05) is 6.04 Å². The molecule has 0 aliphatic heterocycles. The van der Waals surface area contributed by atoms with E-state index in [1.54, 1.807) is 0 Å². The van der Waals surface area contributed by atoms with Gasteiger partial charge in [-0.05, 0) is 37.1 Å². The first-order valence-corrected chi connectivity index (χ1v) is 9.53. The molecular weight excluding hydrogens is 394 g/mol. The van der Waals surface area contributed by atoms with Crippen LogP contribution < -0.4 is 5.32 Å². The van der Waals surface area contributed by atoms with Gasteiger partial charge in [0.25, 0.3) is 0 Å². The van der Waals surface area contributed by atoms with Crippen LogP contribution in [0.1, 0.15) is 37.8 Å². The molecule has 3 aromatic rings. The number of halogens is 5. The quantitative estimate of drug-likeness (QED) is 0.495. The molecule has 0 spiro atoms. The zero-order valence-electron chi connectivity index (χ0n) is 14.9. The summed E-state index contributed by atoms with van der Waals surface area (Å²) < 4.78 is 56.6. The fourth-order valence-corrected chi connectivity index (χ4v) is 4.04. The monoisotopic (exact) mass is 411 g/mol. The summed E-state index contributed by atoms with van der Waals surface area (Å²) in [7, 11) is 0. The van der Waals surface area contributed by atoms with Crippen molar-refractivity contribution in [2.24, 2.45) is 0 Å². The topological polar surface area (TPSA) is 29.3 Å². The van der Waals surface area contributed by atoms with E-state index in [-0.39, 0.29) is 33.8 Å². The van der Waals surface area contributed by atoms with Crippen molar-refractivity contribution in [2.75, 3.05) is 5.32 Å². The van der Waals surface area contributed by atoms with Gasteiger partial charge in [0.05, 0.1) is 10.6 Å². The molecule has 1 N–H and O–H groups in total. The smallest absolute Gasteiger partial charge is 0.367 e. The van der Waals surface area contributed by atoms with E-state index in [0.29, 0.717) is 0 Å². The Kier molecular flexibility index (Phi) is 4.95. The van der Waals surface area contributed by atoms with Crippen LogP contribution in [0.5, 0.6) is 0 Å². The molecule has 4 rings (SSSR count). The Morgan fingerprint density at radius 1 is 1.04 bits per heavy atom. The van der Waals surface area contributed by atoms with Crippen molar-refractivity contribution in [3.8, 4) is 11.3 Å². The van der Waals surface area contributed by atoms with Gasteiger partial charge in [-0.1, -0.05) is 43.0 Å². The van der Waals surface area contributed by atoms with Crippen molar-refractivity contribution in [3.05, 3.63) is 52.9 Å². The molecular formula is C20H18ClF4N3. The number of rotatable bonds is 3. The van der Waals surface area contributed by atoms with E-state index in [4.69, 9.17) is 11.6 Å². The Morgan fingerprint density at radius 3 is 2.43 bits per heavy atom. The van der Waals surface area contributed by atoms with Crippen LogP contribution in [0.3, 0.4) is 0 Å². The lowest BCUT2D eigenvalue weighted by atomic mass is 9.95. The highest BCUT2D eigenvalue weighted by Crippen LogP contribution is 2.40. The van der Waals surface area contributed by atoms with Gasteiger partial charge in [-0.2, -0.15) is 13.2 Å². The van der Waals surface area contributed by atoms with Crippen molar-refractivity contribution < 1.29 is 17.6 Å². The van der Waals surface area contributed by atoms with Crippen molar-refractivity contribution in [3.63, 3.8) is 0 Å². The summed E-state index contributed by atoms with van der Waals surface area (Å²) in [4.78, 5) is 4.32. The summed E-state index contributed by atoms with van der Waals surface area (Å²) in [5, 5.41) is 3.31. The first kappa shape index (κ1) is 19.1. The lowest BCUT2D eigenvalue weighted by Gasteiger charge is -2.25. The molecule has 0 radical (unpaired) electrons. The molecule has 0 saturated heterocycles. The lowest BCUT2D eigenvalue weighted by molar-refractivity contribution is -0.141. The van der Waals surface area contributed by atoms with E-state index in [1.165, 1.54) is 30.3 Å². The summed E-state index contributed by atoms with van der Waals surface area (Å²) in [6.45, 7) is 0. The van der Waals surface area contributed by atoms with Crippen molar-refractivity contribution >= 4 is 23.1 Å². The van der Waals surface area contributed by atoms with Gasteiger partial charge in [0.1, 0.15) is 28.7 Å². The molecule has 28 heavy (non-hydrogen) atoms. The summed E-state index contributed by atoms with van der Waals surface area (Å²) in [5.74, 6) is -0.502. The maximum Gasteiger partial charge on any atom is 0.431 e. The van der Waals surface area contributed by atoms with Gasteiger partial charge in [0.2, 0.25) is 0 Å². The molecule has 1 saturated carbocycles. The number of hydrogen-bond donors (Lipinski definition) is 1. The molecule has 0 bridgehead atoms. The number of benzene rings is 1. The number of imidazole rings is 1. The summed E-state index contributed by atoms with van der Waals surface area (Å²) >= 11 is 6.20. The molecule has 148 valence electrons. The third kappa shape index (κ3) is 3.43. The van der Waals surface area contributed by atoms with Gasteiger partial charge in [-0.25, -0.2) is 9.37 Å². The Bertz CT molecular complexity index is 986. The highest BCUT2D eigenvalue weighted by molar-refractivity contribution is 6.33. The number of anilines is 1. The van der Waals surface area contributed by atoms with Crippen LogP contribution in [-0.4, -0.2) is 15.4 Å². The van der Waals surface area contributed by atoms with Crippen LogP contribution in [0, 0.1) is 5.82 Å². The second-order valence-electron chi connectivity index (χ2n) is 6.99. The van der Waals surface area contributed by atoms with Crippen LogP contribution in [-0.2, 0) is 6.18 Å². The summed E-state index contributed by atoms with van der Waals surface area (Å²) in [6.07, 6.45) is 0.189. The van der Waals surface area contributed by atoms with E-state index in [1.807, 2.05) is 0 Å². The van der Waals surface area contributed by atoms with Crippen LogP contribution in [0.4, 0.5) is 23.4 Å². The zero-order chi connectivity index (χ0) is 19.9. The normalized spacial score (nSPS) is 15.9. The van der Waals surface area contributed by atoms with E-state index < -0.39 is 17.7 Å². The highest BCUT2D eigenvalue weighted by atomic mass is 35.5. The second kappa shape index (κ2) is 7.28. The molecule has 1 fully saturated rings. The zero-order valence-corrected chi connectivity index (χ0v) is 15.6. The minimum atomic E-state index is -4.58. The number of aromatic nitrogens is 2. The van der Waals surface area contributed by atoms with Crippen molar-refractivity contribution in [1.29, 1.82) is 0 Å². The molecule has 1 aromatic carbocycles. The molecule has 0 atom stereocenters. The van der Waals surface area contributed by atoms with Crippen LogP contribution in [0.15, 0.2) is 36.4 Å². The standard InChI is InChI=1S/C20H18ClF4N3/c21-13-8-4-9-14(22)17(13)18-19(26-12-6-2-1-3-7-12)28-15(20(23,24)25)10-5-11-16(28)27-18/h4-5,8-12,26H,1-3,6-7H2. The number of nitrogens with one attached hydrogen (secondary N) is 1. The minimum absolute atomic E-state index is 0.000648. The van der Waals surface area contributed by atoms with Crippen molar-refractivity contribution in [1.82, 2.24) is 9.38 Å². The first-order valence-electron chi connectivity index (χ1n) is 9.16. The Hall–Kier alpha value is -2.28. The largest absolute Gasteiger partial charge is 0.431 e. The average Bonchev–Trinajstić information content (AvgIpc) is 3.00. The van der Waals surface area contributed by atoms with Gasteiger partial charge in [0.15, 0.2) is 0 Å². The molecule has 2 heterocycles. The fourth-order valence-electron chi connectivity index (χ4n) is 3.79. The number of alkyl halides is 3. The summed E-state index contributed by atoms with van der Waals surface area (Å²) in [5.41, 5.74) is -0.693. The van der Waals surface area contributed by atoms with Gasteiger partial charge in [-0.15, -0.1) is 0 Å². The Morgan fingerprint density at radius 2 is 1.75 bits per heavy atom. The first-order chi connectivity index (χ1) is 13.4. The molecule has 0 amide bonds. The van der Waals surface area contributed by atoms with Gasteiger partial charge < -0.3 is 5.32 Å². The highest BCUT2D eigenvalue weighted by Gasteiger charge is 2.35. The van der Waals surface area contributed by atoms with E-state index in [2.05, 4.69) is 10.3 Å². The molecule has 1 aliphatic carbocycles. The van der Waals surface area contributed by atoms with Crippen LogP contribution >= 0.6 is 11.6 Å². The number of nitrogens with zero attached hydrogens (tertiary/aromatic N) is 2. The molecule has 2 aromatic heterocycles. The number of hydrogen-bond acceptors (Lipinski definition) is 2. The molecule has 1 aliphatic rings. The number of fused-ring (bicyclic) bond motifs is 1. The predicted molar refractivity (Wildman–Crippen MR) is 101 cm³/mol. The van der Waals surface area contributed by atoms with E-state index >= 15 is 0 Å². The van der Waals surface area contributed by atoms with Gasteiger partial charge >= 0.3 is 6.18 Å².